The van der Waals surface area contributed by atoms with Gasteiger partial charge >= 0.3 is 0 Å². The van der Waals surface area contributed by atoms with E-state index in [-0.39, 0.29) is 11.7 Å². The zero-order chi connectivity index (χ0) is 8.43. The van der Waals surface area contributed by atoms with E-state index in [1.54, 1.807) is 6.92 Å². The molecule has 3 nitrogen and oxygen atoms in total. The first kappa shape index (κ1) is 8.24. The van der Waals surface area contributed by atoms with Gasteiger partial charge in [-0.15, -0.1) is 0 Å². The number of nitrogens with one attached hydrogen (secondary N) is 1. The Morgan fingerprint density at radius 2 is 2.00 bits per heavy atom. The van der Waals surface area contributed by atoms with E-state index in [9.17, 15) is 9.59 Å². The molecule has 0 aromatic heterocycles. The van der Waals surface area contributed by atoms with Gasteiger partial charge in [0.15, 0.2) is 0 Å². The molecule has 0 aromatic rings. The van der Waals surface area contributed by atoms with E-state index in [1.165, 1.54) is 6.92 Å². The largest absolute Gasteiger partial charge is 0.353 e. The molecule has 3 heteroatoms. The second-order valence-corrected chi connectivity index (χ2v) is 3.12. The zero-order valence-corrected chi connectivity index (χ0v) is 6.89. The topological polar surface area (TPSA) is 46.2 Å². The maximum Gasteiger partial charge on any atom is 0.230 e. The Kier molecular flexibility index (Phi) is 2.27. The number of amides is 1. The van der Waals surface area contributed by atoms with Crippen molar-refractivity contribution in [2.24, 2.45) is 5.92 Å². The summed E-state index contributed by atoms with van der Waals surface area (Å²) >= 11 is 0. The van der Waals surface area contributed by atoms with Gasteiger partial charge in [-0.2, -0.15) is 0 Å². The minimum atomic E-state index is -0.476. The minimum absolute atomic E-state index is 0.0665. The molecule has 11 heavy (non-hydrogen) atoms. The fourth-order valence-electron chi connectivity index (χ4n) is 0.738. The molecule has 0 aromatic carbocycles. The Bertz CT molecular complexity index is 185. The van der Waals surface area contributed by atoms with Crippen LogP contribution in [0.25, 0.3) is 0 Å². The first-order valence-corrected chi connectivity index (χ1v) is 3.92. The summed E-state index contributed by atoms with van der Waals surface area (Å²) in [6.07, 6.45) is 2.13. The molecule has 1 amide bonds. The van der Waals surface area contributed by atoms with E-state index < -0.39 is 5.92 Å². The number of carbonyl (C=O) groups is 2. The van der Waals surface area contributed by atoms with Crippen molar-refractivity contribution < 1.29 is 9.59 Å². The highest BCUT2D eigenvalue weighted by molar-refractivity contribution is 5.99. The summed E-state index contributed by atoms with van der Waals surface area (Å²) in [5.41, 5.74) is 0. The summed E-state index contributed by atoms with van der Waals surface area (Å²) in [5, 5.41) is 2.78. The van der Waals surface area contributed by atoms with Crippen LogP contribution in [0.1, 0.15) is 26.7 Å². The van der Waals surface area contributed by atoms with Gasteiger partial charge in [0.05, 0.1) is 5.92 Å². The lowest BCUT2D eigenvalue weighted by molar-refractivity contribution is -0.132. The number of ketones is 1. The molecular formula is C8H13NO2. The molecule has 1 atom stereocenters. The van der Waals surface area contributed by atoms with Crippen molar-refractivity contribution in [1.29, 1.82) is 0 Å². The van der Waals surface area contributed by atoms with Gasteiger partial charge in [0, 0.05) is 6.04 Å². The third kappa shape index (κ3) is 2.33. The van der Waals surface area contributed by atoms with Crippen LogP contribution in [0.15, 0.2) is 0 Å². The third-order valence-electron chi connectivity index (χ3n) is 1.93. The maximum atomic E-state index is 11.1. The fourth-order valence-corrected chi connectivity index (χ4v) is 0.738. The molecule has 1 unspecified atom stereocenters. The number of hydrogen-bond donors (Lipinski definition) is 1. The highest BCUT2D eigenvalue weighted by atomic mass is 16.2. The van der Waals surface area contributed by atoms with Crippen molar-refractivity contribution in [1.82, 2.24) is 5.32 Å². The van der Waals surface area contributed by atoms with Gasteiger partial charge < -0.3 is 5.32 Å². The molecule has 0 saturated heterocycles. The monoisotopic (exact) mass is 155 g/mol. The van der Waals surface area contributed by atoms with Crippen molar-refractivity contribution >= 4 is 11.7 Å². The highest BCUT2D eigenvalue weighted by Gasteiger charge is 2.26. The van der Waals surface area contributed by atoms with Crippen molar-refractivity contribution in [3.05, 3.63) is 0 Å². The summed E-state index contributed by atoms with van der Waals surface area (Å²) < 4.78 is 0. The normalized spacial score (nSPS) is 19.1. The number of Topliss-reactive ketones (excluding diaryl/α,β-unsaturated/α-hetero) is 1. The molecule has 0 aliphatic heterocycles. The van der Waals surface area contributed by atoms with Crippen LogP contribution in [-0.4, -0.2) is 17.7 Å². The first-order chi connectivity index (χ1) is 5.11. The van der Waals surface area contributed by atoms with E-state index >= 15 is 0 Å². The average molecular weight is 155 g/mol. The van der Waals surface area contributed by atoms with Crippen molar-refractivity contribution in [3.8, 4) is 0 Å². The van der Waals surface area contributed by atoms with Crippen molar-refractivity contribution in [2.45, 2.75) is 32.7 Å². The highest BCUT2D eigenvalue weighted by Crippen LogP contribution is 2.19. The van der Waals surface area contributed by atoms with E-state index in [0.29, 0.717) is 6.04 Å². The van der Waals surface area contributed by atoms with Crippen LogP contribution in [-0.2, 0) is 9.59 Å². The maximum absolute atomic E-state index is 11.1. The molecule has 1 N–H and O–H groups in total. The Morgan fingerprint density at radius 3 is 2.36 bits per heavy atom. The van der Waals surface area contributed by atoms with Crippen molar-refractivity contribution in [2.75, 3.05) is 0 Å². The molecule has 1 aliphatic rings. The smallest absolute Gasteiger partial charge is 0.230 e. The first-order valence-electron chi connectivity index (χ1n) is 3.92. The number of hydrogen-bond acceptors (Lipinski definition) is 2. The zero-order valence-electron chi connectivity index (χ0n) is 6.89. The van der Waals surface area contributed by atoms with Gasteiger partial charge in [-0.05, 0) is 26.7 Å². The summed E-state index contributed by atoms with van der Waals surface area (Å²) in [6.45, 7) is 3.08. The molecule has 1 fully saturated rings. The molecule has 1 saturated carbocycles. The molecule has 0 spiro atoms. The quantitative estimate of drug-likeness (QED) is 0.603. The lowest BCUT2D eigenvalue weighted by Crippen LogP contribution is -2.33. The van der Waals surface area contributed by atoms with Gasteiger partial charge in [-0.3, -0.25) is 9.59 Å². The molecule has 62 valence electrons. The van der Waals surface area contributed by atoms with E-state index in [1.807, 2.05) is 0 Å². The Labute approximate surface area is 66.2 Å². The van der Waals surface area contributed by atoms with Crippen LogP contribution in [0.3, 0.4) is 0 Å². The lowest BCUT2D eigenvalue weighted by atomic mass is 10.1. The van der Waals surface area contributed by atoms with Gasteiger partial charge in [0.1, 0.15) is 5.78 Å². The van der Waals surface area contributed by atoms with Crippen LogP contribution in [0, 0.1) is 5.92 Å². The Hall–Kier alpha value is -0.860. The minimum Gasteiger partial charge on any atom is -0.353 e. The average Bonchev–Trinajstić information content (AvgIpc) is 2.69. The van der Waals surface area contributed by atoms with E-state index in [0.717, 1.165) is 12.8 Å². The van der Waals surface area contributed by atoms with Gasteiger partial charge in [0.2, 0.25) is 5.91 Å². The van der Waals surface area contributed by atoms with Gasteiger partial charge in [-0.1, -0.05) is 0 Å². The molecule has 1 rings (SSSR count). The second-order valence-electron chi connectivity index (χ2n) is 3.12. The van der Waals surface area contributed by atoms with Gasteiger partial charge in [0.25, 0.3) is 0 Å². The predicted molar refractivity (Wildman–Crippen MR) is 41.0 cm³/mol. The van der Waals surface area contributed by atoms with Gasteiger partial charge in [-0.25, -0.2) is 0 Å². The fraction of sp³-hybridized carbons (Fsp3) is 0.750. The summed E-state index contributed by atoms with van der Waals surface area (Å²) in [7, 11) is 0. The molecule has 0 radical (unpaired) electrons. The second kappa shape index (κ2) is 3.03. The lowest BCUT2D eigenvalue weighted by Gasteiger charge is -2.06. The SMILES string of the molecule is CC(=O)C(C)C(=O)NC1CC1. The number of carbonyl (C=O) groups excluding carboxylic acids is 2. The molecule has 0 bridgehead atoms. The summed E-state index contributed by atoms with van der Waals surface area (Å²) in [5.74, 6) is -0.668. The van der Waals surface area contributed by atoms with E-state index in [4.69, 9.17) is 0 Å². The van der Waals surface area contributed by atoms with Crippen LogP contribution in [0.2, 0.25) is 0 Å². The van der Waals surface area contributed by atoms with Crippen molar-refractivity contribution in [3.63, 3.8) is 0 Å². The van der Waals surface area contributed by atoms with Crippen LogP contribution >= 0.6 is 0 Å². The van der Waals surface area contributed by atoms with Crippen LogP contribution < -0.4 is 5.32 Å². The summed E-state index contributed by atoms with van der Waals surface area (Å²) in [4.78, 5) is 21.8. The van der Waals surface area contributed by atoms with Crippen LogP contribution in [0.4, 0.5) is 0 Å². The molecular weight excluding hydrogens is 142 g/mol. The Balaban J connectivity index is 2.32. The summed E-state index contributed by atoms with van der Waals surface area (Å²) in [6, 6.07) is 0.351. The molecule has 0 heterocycles. The predicted octanol–water partition coefficient (Wildman–Crippen LogP) is 0.490. The van der Waals surface area contributed by atoms with Crippen LogP contribution in [0.5, 0.6) is 0 Å². The standard InChI is InChI=1S/C8H13NO2/c1-5(6(2)10)8(11)9-7-3-4-7/h5,7H,3-4H2,1-2H3,(H,9,11). The number of rotatable bonds is 3. The third-order valence-corrected chi connectivity index (χ3v) is 1.93. The Morgan fingerprint density at radius 1 is 1.45 bits per heavy atom. The van der Waals surface area contributed by atoms with E-state index in [2.05, 4.69) is 5.32 Å². The molecule has 1 aliphatic carbocycles.